The van der Waals surface area contributed by atoms with Crippen molar-refractivity contribution in [3.63, 3.8) is 0 Å². The molecule has 1 saturated carbocycles. The van der Waals surface area contributed by atoms with Crippen LogP contribution in [0, 0.1) is 5.82 Å². The first-order chi connectivity index (χ1) is 16.4. The molecule has 0 unspecified atom stereocenters. The van der Waals surface area contributed by atoms with E-state index in [1.807, 2.05) is 42.5 Å². The van der Waals surface area contributed by atoms with Crippen molar-refractivity contribution in [2.45, 2.75) is 50.3 Å². The second-order valence-electron chi connectivity index (χ2n) is 10.4. The first-order valence-corrected chi connectivity index (χ1v) is 12.2. The Labute approximate surface area is 199 Å². The molecule has 3 fully saturated rings. The number of fused-ring (bicyclic) bond motifs is 1. The molecule has 3 aliphatic rings. The van der Waals surface area contributed by atoms with E-state index < -0.39 is 0 Å². The Kier molecular flexibility index (Phi) is 5.19. The van der Waals surface area contributed by atoms with Gasteiger partial charge in [0.2, 0.25) is 5.91 Å². The van der Waals surface area contributed by atoms with E-state index in [-0.39, 0.29) is 29.5 Å². The smallest absolute Gasteiger partial charge is 0.249 e. The number of amides is 1. The summed E-state index contributed by atoms with van der Waals surface area (Å²) in [5.41, 5.74) is 3.24. The average Bonchev–Trinajstić information content (AvgIpc) is 3.61. The van der Waals surface area contributed by atoms with Crippen molar-refractivity contribution in [1.29, 1.82) is 0 Å². The lowest BCUT2D eigenvalue weighted by atomic mass is 9.88. The Morgan fingerprint density at radius 3 is 2.56 bits per heavy atom. The quantitative estimate of drug-likeness (QED) is 0.563. The van der Waals surface area contributed by atoms with E-state index >= 15 is 4.39 Å². The molecule has 34 heavy (non-hydrogen) atoms. The number of hydrogen-bond acceptors (Lipinski definition) is 4. The number of benzene rings is 2. The summed E-state index contributed by atoms with van der Waals surface area (Å²) in [6.45, 7) is 5.34. The lowest BCUT2D eigenvalue weighted by Gasteiger charge is -2.48. The van der Waals surface area contributed by atoms with Crippen molar-refractivity contribution < 1.29 is 13.9 Å². The van der Waals surface area contributed by atoms with E-state index in [9.17, 15) is 4.79 Å². The Balaban J connectivity index is 1.12. The van der Waals surface area contributed by atoms with Crippen molar-refractivity contribution in [3.05, 3.63) is 66.1 Å². The molecule has 0 bridgehead atoms. The van der Waals surface area contributed by atoms with Gasteiger partial charge in [-0.05, 0) is 61.9 Å². The lowest BCUT2D eigenvalue weighted by Crippen LogP contribution is -2.61. The van der Waals surface area contributed by atoms with Gasteiger partial charge >= 0.3 is 0 Å². The number of aromatic nitrogens is 1. The third kappa shape index (κ3) is 3.99. The predicted octanol–water partition coefficient (Wildman–Crippen LogP) is 4.79. The molecule has 1 aliphatic carbocycles. The molecule has 1 aromatic heterocycles. The number of piperidine rings is 1. The molecule has 3 heterocycles. The Bertz CT molecular complexity index is 1250. The number of carbonyl (C=O) groups excluding carboxylic acids is 1. The SMILES string of the molecule is CC1(N2CC3(CCN(Cc4ccc(-c5ccc6cccnc6c5)cc4F)CC3)OCC2=O)CC1. The van der Waals surface area contributed by atoms with E-state index in [0.29, 0.717) is 18.7 Å². The molecule has 0 N–H and O–H groups in total. The summed E-state index contributed by atoms with van der Waals surface area (Å²) in [6.07, 6.45) is 5.70. The van der Waals surface area contributed by atoms with Gasteiger partial charge in [0.25, 0.3) is 0 Å². The van der Waals surface area contributed by atoms with Crippen molar-refractivity contribution in [1.82, 2.24) is 14.8 Å². The monoisotopic (exact) mass is 459 g/mol. The maximum absolute atomic E-state index is 15.1. The van der Waals surface area contributed by atoms with Crippen LogP contribution < -0.4 is 0 Å². The van der Waals surface area contributed by atoms with Crippen LogP contribution in [0.4, 0.5) is 4.39 Å². The van der Waals surface area contributed by atoms with Crippen LogP contribution in [0.5, 0.6) is 0 Å². The molecule has 0 atom stereocenters. The van der Waals surface area contributed by atoms with Crippen molar-refractivity contribution >= 4 is 16.8 Å². The maximum atomic E-state index is 15.1. The van der Waals surface area contributed by atoms with E-state index in [1.165, 1.54) is 0 Å². The summed E-state index contributed by atoms with van der Waals surface area (Å²) < 4.78 is 21.2. The summed E-state index contributed by atoms with van der Waals surface area (Å²) in [7, 11) is 0. The van der Waals surface area contributed by atoms with E-state index in [0.717, 1.165) is 60.8 Å². The lowest BCUT2D eigenvalue weighted by molar-refractivity contribution is -0.177. The highest BCUT2D eigenvalue weighted by Gasteiger charge is 2.52. The number of carbonyl (C=O) groups is 1. The van der Waals surface area contributed by atoms with Crippen LogP contribution in [0.1, 0.15) is 38.2 Å². The molecule has 6 rings (SSSR count). The predicted molar refractivity (Wildman–Crippen MR) is 130 cm³/mol. The van der Waals surface area contributed by atoms with Gasteiger partial charge in [-0.1, -0.05) is 30.3 Å². The largest absolute Gasteiger partial charge is 0.363 e. The van der Waals surface area contributed by atoms with Gasteiger partial charge in [0, 0.05) is 42.3 Å². The standard InChI is InChI=1S/C28H30FN3O2/c1-27(8-9-27)32-19-28(34-18-26(32)33)10-13-31(14-11-28)17-23-7-6-21(15-24(23)29)22-5-4-20-3-2-12-30-25(20)16-22/h2-7,12,15-16H,8-11,13-14,17-19H2,1H3. The first-order valence-electron chi connectivity index (χ1n) is 12.2. The van der Waals surface area contributed by atoms with E-state index in [4.69, 9.17) is 4.74 Å². The molecular weight excluding hydrogens is 429 g/mol. The molecule has 1 spiro atoms. The third-order valence-electron chi connectivity index (χ3n) is 8.03. The number of halogens is 1. The minimum absolute atomic E-state index is 0.0387. The van der Waals surface area contributed by atoms with Gasteiger partial charge in [-0.25, -0.2) is 4.39 Å². The highest BCUT2D eigenvalue weighted by atomic mass is 19.1. The highest BCUT2D eigenvalue weighted by molar-refractivity contribution is 5.84. The van der Waals surface area contributed by atoms with Crippen LogP contribution in [0.25, 0.3) is 22.0 Å². The minimum atomic E-state index is -0.247. The number of hydrogen-bond donors (Lipinski definition) is 0. The summed E-state index contributed by atoms with van der Waals surface area (Å²) >= 11 is 0. The zero-order valence-corrected chi connectivity index (χ0v) is 19.6. The zero-order chi connectivity index (χ0) is 23.3. The van der Waals surface area contributed by atoms with Gasteiger partial charge in [0.05, 0.1) is 17.7 Å². The molecule has 5 nitrogen and oxygen atoms in total. The average molecular weight is 460 g/mol. The van der Waals surface area contributed by atoms with Gasteiger partial charge in [-0.15, -0.1) is 0 Å². The Morgan fingerprint density at radius 2 is 1.79 bits per heavy atom. The number of pyridine rings is 1. The number of likely N-dealkylation sites (tertiary alicyclic amines) is 1. The van der Waals surface area contributed by atoms with Crippen LogP contribution in [0.2, 0.25) is 0 Å². The van der Waals surface area contributed by atoms with Crippen molar-refractivity contribution in [2.24, 2.45) is 0 Å². The molecule has 6 heteroatoms. The minimum Gasteiger partial charge on any atom is -0.363 e. The molecule has 0 radical (unpaired) electrons. The summed E-state index contributed by atoms with van der Waals surface area (Å²) in [4.78, 5) is 21.2. The van der Waals surface area contributed by atoms with Gasteiger partial charge in [0.15, 0.2) is 0 Å². The van der Waals surface area contributed by atoms with Crippen molar-refractivity contribution in [2.75, 3.05) is 26.2 Å². The molecule has 2 aliphatic heterocycles. The molecule has 1 amide bonds. The second kappa shape index (κ2) is 8.14. The Morgan fingerprint density at radius 1 is 1.03 bits per heavy atom. The maximum Gasteiger partial charge on any atom is 0.249 e. The van der Waals surface area contributed by atoms with Crippen molar-refractivity contribution in [3.8, 4) is 11.1 Å². The topological polar surface area (TPSA) is 45.7 Å². The van der Waals surface area contributed by atoms with Crippen LogP contribution in [-0.2, 0) is 16.1 Å². The number of ether oxygens (including phenoxy) is 1. The van der Waals surface area contributed by atoms with Gasteiger partial charge in [0.1, 0.15) is 12.4 Å². The number of nitrogens with zero attached hydrogens (tertiary/aromatic N) is 3. The number of rotatable bonds is 4. The van der Waals surface area contributed by atoms with Crippen LogP contribution in [0.15, 0.2) is 54.7 Å². The highest BCUT2D eigenvalue weighted by Crippen LogP contribution is 2.44. The van der Waals surface area contributed by atoms with E-state index in [2.05, 4.69) is 21.7 Å². The first kappa shape index (κ1) is 21.7. The molecule has 176 valence electrons. The Hall–Kier alpha value is -2.83. The fourth-order valence-electron chi connectivity index (χ4n) is 5.42. The second-order valence-corrected chi connectivity index (χ2v) is 10.4. The molecule has 3 aromatic rings. The molecular formula is C28H30FN3O2. The summed E-state index contributed by atoms with van der Waals surface area (Å²) in [5, 5.41) is 1.08. The fraction of sp³-hybridized carbons (Fsp3) is 0.429. The van der Waals surface area contributed by atoms with Gasteiger partial charge in [-0.2, -0.15) is 0 Å². The molecule has 2 aromatic carbocycles. The van der Waals surface area contributed by atoms with Gasteiger partial charge < -0.3 is 9.64 Å². The number of morpholine rings is 1. The zero-order valence-electron chi connectivity index (χ0n) is 19.6. The normalized spacial score (nSPS) is 21.8. The summed E-state index contributed by atoms with van der Waals surface area (Å²) in [5.74, 6) is -0.0522. The molecule has 2 saturated heterocycles. The van der Waals surface area contributed by atoms with Crippen LogP contribution in [-0.4, -0.2) is 58.1 Å². The summed E-state index contributed by atoms with van der Waals surface area (Å²) in [6, 6.07) is 15.5. The third-order valence-corrected chi connectivity index (χ3v) is 8.03. The van der Waals surface area contributed by atoms with Crippen LogP contribution in [0.3, 0.4) is 0 Å². The van der Waals surface area contributed by atoms with E-state index in [1.54, 1.807) is 12.3 Å². The van der Waals surface area contributed by atoms with Crippen LogP contribution >= 0.6 is 0 Å². The van der Waals surface area contributed by atoms with Gasteiger partial charge in [-0.3, -0.25) is 14.7 Å². The fourth-order valence-corrected chi connectivity index (χ4v) is 5.42.